The number of amides is 2. The molecule has 198 valence electrons. The van der Waals surface area contributed by atoms with Crippen LogP contribution in [0.4, 0.5) is 5.69 Å². The number of aromatic nitrogens is 2. The average Bonchev–Trinajstić information content (AvgIpc) is 3.09. The zero-order chi connectivity index (χ0) is 26.0. The molecule has 13 heteroatoms. The van der Waals surface area contributed by atoms with Crippen molar-refractivity contribution < 1.29 is 27.0 Å². The van der Waals surface area contributed by atoms with Gasteiger partial charge >= 0.3 is 5.69 Å². The molecule has 2 fully saturated rings. The second-order valence-electron chi connectivity index (χ2n) is 9.35. The van der Waals surface area contributed by atoms with Gasteiger partial charge in [-0.25, -0.2) is 4.79 Å². The number of carbonyl (C=O) groups is 2. The number of nitrogens with zero attached hydrogens (tertiary/aromatic N) is 4. The molecule has 3 heterocycles. The third-order valence-corrected chi connectivity index (χ3v) is 7.19. The Balaban J connectivity index is 1.54. The van der Waals surface area contributed by atoms with Gasteiger partial charge in [0, 0.05) is 45.4 Å². The lowest BCUT2D eigenvalue weighted by molar-refractivity contribution is -0.178. The molecule has 0 spiro atoms. The van der Waals surface area contributed by atoms with Gasteiger partial charge in [-0.3, -0.25) is 18.7 Å². The Labute approximate surface area is 209 Å². The lowest BCUT2D eigenvalue weighted by atomic mass is 9.97. The zero-order valence-corrected chi connectivity index (χ0v) is 21.6. The quantitative estimate of drug-likeness (QED) is 0.366. The topological polar surface area (TPSA) is 132 Å². The fraction of sp³-hybridized carbons (Fsp3) is 0.609. The summed E-state index contributed by atoms with van der Waals surface area (Å²) in [4.78, 5) is 40.6. The van der Waals surface area contributed by atoms with Gasteiger partial charge in [0.15, 0.2) is 0 Å². The highest BCUT2D eigenvalue weighted by molar-refractivity contribution is 7.85. The van der Waals surface area contributed by atoms with E-state index < -0.39 is 33.7 Å². The third-order valence-electron chi connectivity index (χ3n) is 6.77. The van der Waals surface area contributed by atoms with Crippen LogP contribution in [0.2, 0.25) is 0 Å². The van der Waals surface area contributed by atoms with Crippen molar-refractivity contribution in [2.45, 2.75) is 31.7 Å². The lowest BCUT2D eigenvalue weighted by Gasteiger charge is -2.33. The van der Waals surface area contributed by atoms with Crippen LogP contribution >= 0.6 is 0 Å². The first kappa shape index (κ1) is 26.3. The van der Waals surface area contributed by atoms with Crippen LogP contribution in [0, 0.1) is 5.92 Å². The number of piperidine rings is 2. The van der Waals surface area contributed by atoms with Gasteiger partial charge < -0.3 is 15.0 Å². The molecule has 2 aliphatic heterocycles. The molecule has 36 heavy (non-hydrogen) atoms. The van der Waals surface area contributed by atoms with Crippen molar-refractivity contribution >= 4 is 38.7 Å². The van der Waals surface area contributed by atoms with Crippen LogP contribution in [-0.4, -0.2) is 80.6 Å². The highest BCUT2D eigenvalue weighted by Crippen LogP contribution is 2.30. The van der Waals surface area contributed by atoms with Crippen LogP contribution in [0.25, 0.3) is 11.0 Å². The first-order valence-corrected chi connectivity index (χ1v) is 13.9. The molecule has 2 aromatic rings. The maximum Gasteiger partial charge on any atom is 0.329 e. The molecule has 1 aromatic carbocycles. The summed E-state index contributed by atoms with van der Waals surface area (Å²) in [5.41, 5.74) is 1.74. The van der Waals surface area contributed by atoms with Crippen molar-refractivity contribution in [2.75, 3.05) is 51.1 Å². The number of anilines is 1. The number of likely N-dealkylation sites (N-methyl/N-ethyl adjacent to an activating group) is 1. The number of hydrogen-bond acceptors (Lipinski definition) is 9. The summed E-state index contributed by atoms with van der Waals surface area (Å²) < 4.78 is 36.2. The fourth-order valence-electron chi connectivity index (χ4n) is 4.83. The Bertz CT molecular complexity index is 1290. The Kier molecular flexibility index (Phi) is 7.83. The number of aryl methyl sites for hydroxylation is 1. The van der Waals surface area contributed by atoms with E-state index in [1.54, 1.807) is 13.1 Å². The Morgan fingerprint density at radius 3 is 2.47 bits per heavy atom. The van der Waals surface area contributed by atoms with Crippen molar-refractivity contribution in [1.82, 2.24) is 19.5 Å². The number of fused-ring (bicyclic) bond motifs is 1. The molecule has 4 rings (SSSR count). The molecule has 0 radical (unpaired) electrons. The number of benzene rings is 1. The molecule has 0 bridgehead atoms. The molecule has 2 aliphatic rings. The van der Waals surface area contributed by atoms with Crippen molar-refractivity contribution in [3.63, 3.8) is 0 Å². The number of carbonyl (C=O) groups excluding carboxylic acids is 2. The third kappa shape index (κ3) is 5.48. The van der Waals surface area contributed by atoms with Crippen LogP contribution in [0.15, 0.2) is 23.0 Å². The van der Waals surface area contributed by atoms with Gasteiger partial charge in [0.2, 0.25) is 0 Å². The molecule has 1 aromatic heterocycles. The predicted molar refractivity (Wildman–Crippen MR) is 133 cm³/mol. The highest BCUT2D eigenvalue weighted by atomic mass is 32.2. The standard InChI is InChI=1S/C23H33N5O7S/c1-24-10-13-34-15-16-8-11-26(12-9-16)17-4-5-18-20(14-17)25(2)23(31)27(18)19-6-7-21(29)28(22(19)30)35-36(3,32)33/h4-5,14,16,19,24H,6-13,15H2,1-3H3. The van der Waals surface area contributed by atoms with Crippen LogP contribution < -0.4 is 15.9 Å². The Hall–Kier alpha value is -2.74. The molecule has 12 nitrogen and oxygen atoms in total. The second-order valence-corrected chi connectivity index (χ2v) is 10.9. The van der Waals surface area contributed by atoms with E-state index in [1.807, 2.05) is 19.2 Å². The van der Waals surface area contributed by atoms with Crippen molar-refractivity contribution in [1.29, 1.82) is 0 Å². The van der Waals surface area contributed by atoms with Gasteiger partial charge in [-0.2, -0.15) is 8.42 Å². The van der Waals surface area contributed by atoms with E-state index in [0.29, 0.717) is 23.6 Å². The molecule has 0 saturated carbocycles. The van der Waals surface area contributed by atoms with E-state index in [2.05, 4.69) is 14.5 Å². The monoisotopic (exact) mass is 523 g/mol. The maximum atomic E-state index is 13.2. The summed E-state index contributed by atoms with van der Waals surface area (Å²) in [6, 6.07) is 4.60. The predicted octanol–water partition coefficient (Wildman–Crippen LogP) is 0.374. The van der Waals surface area contributed by atoms with E-state index in [1.165, 1.54) is 9.13 Å². The molecule has 2 saturated heterocycles. The van der Waals surface area contributed by atoms with Gasteiger partial charge in [0.05, 0.1) is 23.9 Å². The number of ether oxygens (including phenoxy) is 1. The summed E-state index contributed by atoms with van der Waals surface area (Å²) >= 11 is 0. The van der Waals surface area contributed by atoms with Gasteiger partial charge in [0.1, 0.15) is 6.04 Å². The van der Waals surface area contributed by atoms with Gasteiger partial charge in [0.25, 0.3) is 21.9 Å². The van der Waals surface area contributed by atoms with Gasteiger partial charge in [-0.1, -0.05) is 0 Å². The number of nitrogens with one attached hydrogen (secondary N) is 1. The zero-order valence-electron chi connectivity index (χ0n) is 20.8. The van der Waals surface area contributed by atoms with Crippen LogP contribution in [0.3, 0.4) is 0 Å². The van der Waals surface area contributed by atoms with Crippen molar-refractivity contribution in [2.24, 2.45) is 13.0 Å². The molecule has 1 atom stereocenters. The minimum Gasteiger partial charge on any atom is -0.380 e. The summed E-state index contributed by atoms with van der Waals surface area (Å²) in [5, 5.41) is 3.33. The molecule has 0 aliphatic carbocycles. The smallest absolute Gasteiger partial charge is 0.329 e. The van der Waals surface area contributed by atoms with Crippen LogP contribution in [-0.2, 0) is 35.8 Å². The van der Waals surface area contributed by atoms with E-state index in [9.17, 15) is 22.8 Å². The largest absolute Gasteiger partial charge is 0.380 e. The summed E-state index contributed by atoms with van der Waals surface area (Å²) in [6.45, 7) is 4.04. The van der Waals surface area contributed by atoms with E-state index in [4.69, 9.17) is 4.74 Å². The number of imidazole rings is 1. The van der Waals surface area contributed by atoms with Crippen molar-refractivity contribution in [3.05, 3.63) is 28.7 Å². The van der Waals surface area contributed by atoms with Gasteiger partial charge in [-0.15, -0.1) is 9.35 Å². The molecule has 2 amide bonds. The first-order valence-electron chi connectivity index (χ1n) is 12.1. The number of imide groups is 1. The minimum absolute atomic E-state index is 0.0754. The molecule has 1 N–H and O–H groups in total. The van der Waals surface area contributed by atoms with E-state index in [0.717, 1.165) is 51.0 Å². The number of hydrogen-bond donors (Lipinski definition) is 1. The van der Waals surface area contributed by atoms with E-state index >= 15 is 0 Å². The van der Waals surface area contributed by atoms with E-state index in [-0.39, 0.29) is 17.9 Å². The summed E-state index contributed by atoms with van der Waals surface area (Å²) in [7, 11) is -0.568. The summed E-state index contributed by atoms with van der Waals surface area (Å²) in [6.07, 6.45) is 2.73. The minimum atomic E-state index is -4.10. The molecular weight excluding hydrogens is 490 g/mol. The van der Waals surface area contributed by atoms with Crippen LogP contribution in [0.5, 0.6) is 0 Å². The molecule has 1 unspecified atom stereocenters. The normalized spacial score (nSPS) is 20.0. The fourth-order valence-corrected chi connectivity index (χ4v) is 5.26. The highest BCUT2D eigenvalue weighted by Gasteiger charge is 2.40. The Morgan fingerprint density at radius 1 is 1.08 bits per heavy atom. The lowest BCUT2D eigenvalue weighted by Crippen LogP contribution is -2.48. The number of hydroxylamine groups is 2. The summed E-state index contributed by atoms with van der Waals surface area (Å²) in [5.74, 6) is -1.12. The molecular formula is C23H33N5O7S. The first-order chi connectivity index (χ1) is 17.1. The average molecular weight is 524 g/mol. The van der Waals surface area contributed by atoms with Crippen molar-refractivity contribution in [3.8, 4) is 0 Å². The van der Waals surface area contributed by atoms with Crippen LogP contribution in [0.1, 0.15) is 31.7 Å². The maximum absolute atomic E-state index is 13.2. The SMILES string of the molecule is CNCCOCC1CCN(c2ccc3c(c2)n(C)c(=O)n3C2CCC(=O)N(OS(C)(=O)=O)C2=O)CC1. The number of rotatable bonds is 9. The van der Waals surface area contributed by atoms with Gasteiger partial charge in [-0.05, 0) is 50.4 Å². The Morgan fingerprint density at radius 2 is 1.81 bits per heavy atom. The second kappa shape index (κ2) is 10.7.